The second-order valence-electron chi connectivity index (χ2n) is 5.91. The van der Waals surface area contributed by atoms with Gasteiger partial charge < -0.3 is 5.32 Å². The predicted molar refractivity (Wildman–Crippen MR) is 97.3 cm³/mol. The Morgan fingerprint density at radius 3 is 2.79 bits per heavy atom. The predicted octanol–water partition coefficient (Wildman–Crippen LogP) is 4.25. The van der Waals surface area contributed by atoms with Gasteiger partial charge in [-0.2, -0.15) is 5.10 Å². The Labute approximate surface area is 144 Å². The second-order valence-corrected chi connectivity index (χ2v) is 6.92. The monoisotopic (exact) mass is 335 g/mol. The molecule has 1 aliphatic rings. The van der Waals surface area contributed by atoms with Gasteiger partial charge in [0.15, 0.2) is 5.69 Å². The third-order valence-corrected chi connectivity index (χ3v) is 5.25. The number of hydrogen-bond acceptors (Lipinski definition) is 3. The fourth-order valence-electron chi connectivity index (χ4n) is 3.04. The van der Waals surface area contributed by atoms with E-state index in [1.165, 1.54) is 10.5 Å². The molecule has 120 valence electrons. The number of aryl methyl sites for hydroxylation is 2. The summed E-state index contributed by atoms with van der Waals surface area (Å²) in [4.78, 5) is 13.9. The van der Waals surface area contributed by atoms with Crippen molar-refractivity contribution in [2.75, 3.05) is 5.32 Å². The number of para-hydroxylation sites is 1. The molecule has 3 aromatic rings. The number of thioether (sulfide) groups is 1. The van der Waals surface area contributed by atoms with Crippen molar-refractivity contribution < 1.29 is 4.79 Å². The third kappa shape index (κ3) is 2.51. The van der Waals surface area contributed by atoms with E-state index in [0.717, 1.165) is 28.3 Å². The zero-order chi connectivity index (χ0) is 16.7. The highest BCUT2D eigenvalue weighted by atomic mass is 32.2. The van der Waals surface area contributed by atoms with Gasteiger partial charge in [-0.25, -0.2) is 0 Å². The van der Waals surface area contributed by atoms with Gasteiger partial charge in [-0.3, -0.25) is 9.48 Å². The van der Waals surface area contributed by atoms with Crippen molar-refractivity contribution in [1.29, 1.82) is 0 Å². The molecule has 1 aliphatic heterocycles. The van der Waals surface area contributed by atoms with Gasteiger partial charge in [0.05, 0.1) is 5.69 Å². The van der Waals surface area contributed by atoms with E-state index >= 15 is 0 Å². The number of hydrogen-bond donors (Lipinski definition) is 1. The molecule has 24 heavy (non-hydrogen) atoms. The molecule has 0 spiro atoms. The number of carbonyl (C=O) groups excluding carboxylic acids is 1. The summed E-state index contributed by atoms with van der Waals surface area (Å²) >= 11 is 1.76. The minimum atomic E-state index is -0.158. The zero-order valence-corrected chi connectivity index (χ0v) is 14.4. The van der Waals surface area contributed by atoms with Crippen LogP contribution in [0.5, 0.6) is 0 Å². The molecule has 0 radical (unpaired) electrons. The minimum absolute atomic E-state index is 0.158. The highest BCUT2D eigenvalue weighted by Crippen LogP contribution is 2.42. The molecule has 4 nitrogen and oxygen atoms in total. The van der Waals surface area contributed by atoms with Crippen molar-refractivity contribution in [2.24, 2.45) is 7.05 Å². The first-order valence-corrected chi connectivity index (χ1v) is 8.78. The third-order valence-electron chi connectivity index (χ3n) is 4.15. The number of fused-ring (bicyclic) bond motifs is 3. The lowest BCUT2D eigenvalue weighted by molar-refractivity contribution is 0.102. The van der Waals surface area contributed by atoms with E-state index in [1.54, 1.807) is 11.8 Å². The van der Waals surface area contributed by atoms with E-state index in [0.29, 0.717) is 5.69 Å². The number of aromatic nitrogens is 2. The fraction of sp³-hybridized carbons (Fsp3) is 0.158. The summed E-state index contributed by atoms with van der Waals surface area (Å²) in [7, 11) is 1.90. The fourth-order valence-corrected chi connectivity index (χ4v) is 4.09. The Morgan fingerprint density at radius 1 is 1.21 bits per heavy atom. The van der Waals surface area contributed by atoms with Crippen LogP contribution in [0.4, 0.5) is 5.69 Å². The van der Waals surface area contributed by atoms with Crippen molar-refractivity contribution in [3.8, 4) is 11.3 Å². The molecule has 5 heteroatoms. The van der Waals surface area contributed by atoms with Crippen LogP contribution in [0.3, 0.4) is 0 Å². The molecule has 0 saturated carbocycles. The lowest BCUT2D eigenvalue weighted by Gasteiger charge is -2.17. The van der Waals surface area contributed by atoms with Crippen molar-refractivity contribution >= 4 is 23.4 Å². The molecule has 0 aliphatic carbocycles. The van der Waals surface area contributed by atoms with E-state index in [2.05, 4.69) is 35.5 Å². The zero-order valence-electron chi connectivity index (χ0n) is 13.5. The van der Waals surface area contributed by atoms with Crippen LogP contribution in [0, 0.1) is 6.92 Å². The number of amides is 1. The van der Waals surface area contributed by atoms with Crippen molar-refractivity contribution in [2.45, 2.75) is 17.6 Å². The minimum Gasteiger partial charge on any atom is -0.321 e. The van der Waals surface area contributed by atoms with E-state index in [1.807, 2.05) is 42.1 Å². The summed E-state index contributed by atoms with van der Waals surface area (Å²) in [6.45, 7) is 2.08. The molecular formula is C19H17N3OS. The van der Waals surface area contributed by atoms with Gasteiger partial charge in [-0.15, -0.1) is 11.8 Å². The van der Waals surface area contributed by atoms with E-state index in [-0.39, 0.29) is 5.91 Å². The smallest absolute Gasteiger partial charge is 0.276 e. The molecule has 1 N–H and O–H groups in total. The summed E-state index contributed by atoms with van der Waals surface area (Å²) in [5.74, 6) is 0.603. The molecule has 0 saturated heterocycles. The van der Waals surface area contributed by atoms with E-state index in [9.17, 15) is 4.79 Å². The Balaban J connectivity index is 1.76. The van der Waals surface area contributed by atoms with Gasteiger partial charge in [-0.05, 0) is 31.2 Å². The molecule has 0 atom stereocenters. The SMILES string of the molecule is Cc1ccc2c(c1)-c1c(c(C(=O)Nc3ccccc3)nn1C)CS2. The first-order valence-electron chi connectivity index (χ1n) is 7.79. The van der Waals surface area contributed by atoms with Gasteiger partial charge in [0.2, 0.25) is 0 Å². The average Bonchev–Trinajstić information content (AvgIpc) is 2.93. The van der Waals surface area contributed by atoms with Gasteiger partial charge in [0, 0.05) is 34.5 Å². The Bertz CT molecular complexity index is 931. The highest BCUT2D eigenvalue weighted by molar-refractivity contribution is 7.98. The number of rotatable bonds is 2. The normalized spacial score (nSPS) is 12.4. The molecule has 0 unspecified atom stereocenters. The van der Waals surface area contributed by atoms with E-state index in [4.69, 9.17) is 0 Å². The van der Waals surface area contributed by atoms with Crippen LogP contribution < -0.4 is 5.32 Å². The van der Waals surface area contributed by atoms with Gasteiger partial charge in [-0.1, -0.05) is 29.8 Å². The lowest BCUT2D eigenvalue weighted by atomic mass is 10.0. The van der Waals surface area contributed by atoms with Crippen molar-refractivity contribution in [1.82, 2.24) is 9.78 Å². The summed E-state index contributed by atoms with van der Waals surface area (Å²) in [5.41, 5.74) is 5.71. The molecular weight excluding hydrogens is 318 g/mol. The molecule has 0 bridgehead atoms. The Morgan fingerprint density at radius 2 is 2.00 bits per heavy atom. The number of anilines is 1. The van der Waals surface area contributed by atoms with Crippen LogP contribution in [-0.2, 0) is 12.8 Å². The van der Waals surface area contributed by atoms with Gasteiger partial charge in [0.1, 0.15) is 0 Å². The Hall–Kier alpha value is -2.53. The number of nitrogens with one attached hydrogen (secondary N) is 1. The molecule has 2 heterocycles. The maximum atomic E-state index is 12.7. The second kappa shape index (κ2) is 5.83. The molecule has 1 aromatic heterocycles. The molecule has 2 aromatic carbocycles. The number of nitrogens with zero attached hydrogens (tertiary/aromatic N) is 2. The number of carbonyl (C=O) groups is 1. The van der Waals surface area contributed by atoms with Crippen LogP contribution in [0.2, 0.25) is 0 Å². The summed E-state index contributed by atoms with van der Waals surface area (Å²) in [5, 5.41) is 7.44. The largest absolute Gasteiger partial charge is 0.321 e. The van der Waals surface area contributed by atoms with Gasteiger partial charge >= 0.3 is 0 Å². The maximum absolute atomic E-state index is 12.7. The summed E-state index contributed by atoms with van der Waals surface area (Å²) < 4.78 is 1.83. The first-order chi connectivity index (χ1) is 11.6. The van der Waals surface area contributed by atoms with Crippen molar-refractivity contribution in [3.63, 3.8) is 0 Å². The van der Waals surface area contributed by atoms with Crippen LogP contribution >= 0.6 is 11.8 Å². The highest BCUT2D eigenvalue weighted by Gasteiger charge is 2.27. The summed E-state index contributed by atoms with van der Waals surface area (Å²) in [6, 6.07) is 15.9. The molecule has 0 fully saturated rings. The summed E-state index contributed by atoms with van der Waals surface area (Å²) in [6.07, 6.45) is 0. The Kier molecular flexibility index (Phi) is 3.65. The van der Waals surface area contributed by atoms with Gasteiger partial charge in [0.25, 0.3) is 5.91 Å². The maximum Gasteiger partial charge on any atom is 0.276 e. The van der Waals surface area contributed by atoms with E-state index < -0.39 is 0 Å². The van der Waals surface area contributed by atoms with Crippen LogP contribution in [-0.4, -0.2) is 15.7 Å². The quantitative estimate of drug-likeness (QED) is 0.761. The van der Waals surface area contributed by atoms with Crippen LogP contribution in [0.15, 0.2) is 53.4 Å². The molecule has 1 amide bonds. The average molecular weight is 335 g/mol. The van der Waals surface area contributed by atoms with Crippen LogP contribution in [0.25, 0.3) is 11.3 Å². The number of benzene rings is 2. The standard InChI is InChI=1S/C19H17N3OS/c1-12-8-9-16-14(10-12)18-15(11-24-16)17(21-22(18)2)19(23)20-13-6-4-3-5-7-13/h3-10H,11H2,1-2H3,(H,20,23). The first kappa shape index (κ1) is 15.0. The lowest BCUT2D eigenvalue weighted by Crippen LogP contribution is -2.14. The van der Waals surface area contributed by atoms with Crippen LogP contribution in [0.1, 0.15) is 21.6 Å². The van der Waals surface area contributed by atoms with Crippen molar-refractivity contribution in [3.05, 3.63) is 65.4 Å². The topological polar surface area (TPSA) is 46.9 Å². The molecule has 4 rings (SSSR count).